The molecule has 1 amide bonds. The number of piperidine rings is 1. The lowest BCUT2D eigenvalue weighted by Crippen LogP contribution is -2.42. The van der Waals surface area contributed by atoms with Gasteiger partial charge in [0.1, 0.15) is 19.0 Å². The van der Waals surface area contributed by atoms with Gasteiger partial charge in [0.25, 0.3) is 0 Å². The largest absolute Gasteiger partial charge is 0.491 e. The van der Waals surface area contributed by atoms with Crippen LogP contribution < -0.4 is 4.74 Å². The Morgan fingerprint density at radius 2 is 2.12 bits per heavy atom. The van der Waals surface area contributed by atoms with Crippen molar-refractivity contribution in [2.24, 2.45) is 0 Å². The van der Waals surface area contributed by atoms with Crippen molar-refractivity contribution < 1.29 is 14.3 Å². The van der Waals surface area contributed by atoms with Crippen LogP contribution in [0.25, 0.3) is 0 Å². The van der Waals surface area contributed by atoms with Crippen LogP contribution in [0.3, 0.4) is 0 Å². The van der Waals surface area contributed by atoms with Gasteiger partial charge >= 0.3 is 0 Å². The molecule has 0 radical (unpaired) electrons. The zero-order valence-electron chi connectivity index (χ0n) is 13.7. The summed E-state index contributed by atoms with van der Waals surface area (Å²) in [5.41, 5.74) is 0. The summed E-state index contributed by atoms with van der Waals surface area (Å²) in [5, 5.41) is 0. The van der Waals surface area contributed by atoms with Gasteiger partial charge in [-0.2, -0.15) is 0 Å². The van der Waals surface area contributed by atoms with E-state index in [1.165, 1.54) is 0 Å². The van der Waals surface area contributed by atoms with Gasteiger partial charge in [-0.25, -0.2) is 4.98 Å². The molecule has 1 aromatic heterocycles. The van der Waals surface area contributed by atoms with Crippen molar-refractivity contribution in [3.05, 3.63) is 49.1 Å². The first kappa shape index (κ1) is 16.5. The lowest BCUT2D eigenvalue weighted by Gasteiger charge is -2.33. The fourth-order valence-electron chi connectivity index (χ4n) is 2.90. The summed E-state index contributed by atoms with van der Waals surface area (Å²) >= 11 is 0. The first-order chi connectivity index (χ1) is 11.8. The quantitative estimate of drug-likeness (QED) is 0.730. The molecule has 2 heterocycles. The second-order valence-electron chi connectivity index (χ2n) is 5.86. The number of para-hydroxylation sites is 1. The fraction of sp³-hybridized carbons (Fsp3) is 0.444. The highest BCUT2D eigenvalue weighted by Crippen LogP contribution is 2.21. The molecule has 1 aliphatic heterocycles. The lowest BCUT2D eigenvalue weighted by molar-refractivity contribution is -0.138. The highest BCUT2D eigenvalue weighted by Gasteiger charge is 2.24. The summed E-state index contributed by atoms with van der Waals surface area (Å²) in [6.45, 7) is 2.47. The van der Waals surface area contributed by atoms with Crippen LogP contribution in [-0.2, 0) is 9.53 Å². The number of imidazole rings is 1. The van der Waals surface area contributed by atoms with E-state index in [0.717, 1.165) is 31.7 Å². The number of nitrogens with zero attached hydrogens (tertiary/aromatic N) is 3. The minimum atomic E-state index is 0.0412. The van der Waals surface area contributed by atoms with Crippen molar-refractivity contribution in [3.63, 3.8) is 0 Å². The second-order valence-corrected chi connectivity index (χ2v) is 5.86. The van der Waals surface area contributed by atoms with Gasteiger partial charge in [-0.3, -0.25) is 4.79 Å². The molecule has 0 spiro atoms. The normalized spacial score (nSPS) is 17.7. The minimum absolute atomic E-state index is 0.0412. The fourth-order valence-corrected chi connectivity index (χ4v) is 2.90. The highest BCUT2D eigenvalue weighted by molar-refractivity contribution is 5.77. The molecule has 1 atom stereocenters. The molecular formula is C18H23N3O3. The molecule has 1 fully saturated rings. The van der Waals surface area contributed by atoms with Crippen LogP contribution in [0, 0.1) is 0 Å². The number of carbonyl (C=O) groups excluding carboxylic acids is 1. The van der Waals surface area contributed by atoms with Crippen LogP contribution in [0.1, 0.15) is 18.9 Å². The molecule has 3 rings (SSSR count). The Hall–Kier alpha value is -2.34. The van der Waals surface area contributed by atoms with Gasteiger partial charge < -0.3 is 18.9 Å². The number of carbonyl (C=O) groups is 1. The maximum atomic E-state index is 12.3. The van der Waals surface area contributed by atoms with Crippen molar-refractivity contribution in [2.75, 3.05) is 32.9 Å². The van der Waals surface area contributed by atoms with Crippen LogP contribution in [-0.4, -0.2) is 53.3 Å². The van der Waals surface area contributed by atoms with E-state index in [9.17, 15) is 4.79 Å². The molecule has 0 unspecified atom stereocenters. The molecule has 2 aromatic rings. The number of hydrogen-bond acceptors (Lipinski definition) is 4. The molecule has 6 heteroatoms. The molecule has 1 saturated heterocycles. The number of rotatable bonds is 7. The van der Waals surface area contributed by atoms with Crippen LogP contribution in [0.2, 0.25) is 0 Å². The van der Waals surface area contributed by atoms with E-state index >= 15 is 0 Å². The van der Waals surface area contributed by atoms with Gasteiger partial charge in [0.15, 0.2) is 0 Å². The van der Waals surface area contributed by atoms with Crippen molar-refractivity contribution in [2.45, 2.75) is 18.9 Å². The third-order valence-corrected chi connectivity index (χ3v) is 4.16. The predicted octanol–water partition coefficient (Wildman–Crippen LogP) is 2.14. The van der Waals surface area contributed by atoms with E-state index in [1.807, 2.05) is 47.8 Å². The molecule has 0 bridgehead atoms. The number of aromatic nitrogens is 2. The number of amides is 1. The number of likely N-dealkylation sites (tertiary alicyclic amines) is 1. The molecular weight excluding hydrogens is 306 g/mol. The van der Waals surface area contributed by atoms with Crippen molar-refractivity contribution in [1.82, 2.24) is 14.5 Å². The summed E-state index contributed by atoms with van der Waals surface area (Å²) < 4.78 is 13.1. The highest BCUT2D eigenvalue weighted by atomic mass is 16.5. The number of benzene rings is 1. The maximum Gasteiger partial charge on any atom is 0.248 e. The van der Waals surface area contributed by atoms with E-state index < -0.39 is 0 Å². The lowest BCUT2D eigenvalue weighted by atomic mass is 10.1. The Morgan fingerprint density at radius 3 is 2.92 bits per heavy atom. The van der Waals surface area contributed by atoms with Gasteiger partial charge in [0, 0.05) is 25.5 Å². The van der Waals surface area contributed by atoms with Crippen molar-refractivity contribution >= 4 is 5.91 Å². The Morgan fingerprint density at radius 1 is 1.25 bits per heavy atom. The maximum absolute atomic E-state index is 12.3. The molecule has 0 aliphatic carbocycles. The molecule has 1 aliphatic rings. The second kappa shape index (κ2) is 8.49. The van der Waals surface area contributed by atoms with Crippen molar-refractivity contribution in [3.8, 4) is 5.75 Å². The van der Waals surface area contributed by atoms with Gasteiger partial charge in [0.2, 0.25) is 5.91 Å². The van der Waals surface area contributed by atoms with Gasteiger partial charge in [-0.1, -0.05) is 18.2 Å². The molecule has 1 aromatic carbocycles. The third-order valence-electron chi connectivity index (χ3n) is 4.16. The monoisotopic (exact) mass is 329 g/mol. The Balaban J connectivity index is 1.36. The molecule has 0 saturated carbocycles. The van der Waals surface area contributed by atoms with Gasteiger partial charge in [-0.05, 0) is 25.0 Å². The Labute approximate surface area is 142 Å². The van der Waals surface area contributed by atoms with Crippen LogP contribution in [0.4, 0.5) is 0 Å². The smallest absolute Gasteiger partial charge is 0.248 e. The Kier molecular flexibility index (Phi) is 5.85. The van der Waals surface area contributed by atoms with Gasteiger partial charge in [-0.15, -0.1) is 0 Å². The minimum Gasteiger partial charge on any atom is -0.491 e. The van der Waals surface area contributed by atoms with Crippen LogP contribution in [0.5, 0.6) is 5.75 Å². The standard InChI is InChI=1S/C18H23N3O3/c22-18(14-23-11-12-24-17-6-2-1-3-7-17)20-9-4-5-16(13-20)21-10-8-19-15-21/h1-3,6-8,10,15-16H,4-5,9,11-14H2/t16-/m0/s1. The summed E-state index contributed by atoms with van der Waals surface area (Å²) in [7, 11) is 0. The summed E-state index contributed by atoms with van der Waals surface area (Å²) in [4.78, 5) is 18.2. The van der Waals surface area contributed by atoms with Gasteiger partial charge in [0.05, 0.1) is 19.0 Å². The predicted molar refractivity (Wildman–Crippen MR) is 89.8 cm³/mol. The Bertz CT molecular complexity index is 616. The molecule has 6 nitrogen and oxygen atoms in total. The average Bonchev–Trinajstić information content (AvgIpc) is 3.17. The van der Waals surface area contributed by atoms with Crippen molar-refractivity contribution in [1.29, 1.82) is 0 Å². The number of ether oxygens (including phenoxy) is 2. The molecule has 0 N–H and O–H groups in total. The zero-order chi connectivity index (χ0) is 16.6. The average molecular weight is 329 g/mol. The van der Waals surface area contributed by atoms with E-state index in [4.69, 9.17) is 9.47 Å². The van der Waals surface area contributed by atoms with E-state index in [-0.39, 0.29) is 12.5 Å². The van der Waals surface area contributed by atoms with Crippen LogP contribution in [0.15, 0.2) is 49.1 Å². The third kappa shape index (κ3) is 4.58. The molecule has 24 heavy (non-hydrogen) atoms. The SMILES string of the molecule is O=C(COCCOc1ccccc1)N1CCC[C@H](n2ccnc2)C1. The van der Waals surface area contributed by atoms with Crippen LogP contribution >= 0.6 is 0 Å². The summed E-state index contributed by atoms with van der Waals surface area (Å²) in [6.07, 6.45) is 7.63. The number of hydrogen-bond donors (Lipinski definition) is 0. The van der Waals surface area contributed by atoms with E-state index in [1.54, 1.807) is 6.20 Å². The topological polar surface area (TPSA) is 56.6 Å². The zero-order valence-corrected chi connectivity index (χ0v) is 13.7. The van der Waals surface area contributed by atoms with E-state index in [2.05, 4.69) is 9.55 Å². The summed E-state index contributed by atoms with van der Waals surface area (Å²) in [6, 6.07) is 9.90. The molecule has 128 valence electrons. The summed E-state index contributed by atoms with van der Waals surface area (Å²) in [5.74, 6) is 0.853. The first-order valence-corrected chi connectivity index (χ1v) is 8.34. The first-order valence-electron chi connectivity index (χ1n) is 8.34. The van der Waals surface area contributed by atoms with E-state index in [0.29, 0.717) is 19.3 Å².